The topological polar surface area (TPSA) is 84.5 Å². The van der Waals surface area contributed by atoms with Crippen molar-refractivity contribution in [3.63, 3.8) is 0 Å². The van der Waals surface area contributed by atoms with Crippen LogP contribution in [0.1, 0.15) is 118 Å². The molecule has 2 fully saturated rings. The second-order valence-corrected chi connectivity index (χ2v) is 13.3. The van der Waals surface area contributed by atoms with E-state index in [1.165, 1.54) is 44.9 Å². The van der Waals surface area contributed by atoms with Crippen molar-refractivity contribution in [3.05, 3.63) is 11.1 Å². The molecule has 0 aliphatic heterocycles. The summed E-state index contributed by atoms with van der Waals surface area (Å²) in [7, 11) is 0. The first-order chi connectivity index (χ1) is 17.0. The van der Waals surface area contributed by atoms with E-state index in [9.17, 15) is 9.59 Å². The normalized spacial score (nSPS) is 39.1. The van der Waals surface area contributed by atoms with Crippen LogP contribution in [0, 0.1) is 34.0 Å². The number of nitrogens with two attached hydrogens (primary N) is 1. The maximum atomic E-state index is 14.2. The van der Waals surface area contributed by atoms with Gasteiger partial charge in [-0.05, 0) is 67.1 Å². The number of fused-ring (bicyclic) bond motifs is 4. The number of nitrogens with one attached hydrogen (secondary N) is 1. The summed E-state index contributed by atoms with van der Waals surface area (Å²) in [6, 6.07) is 0. The smallest absolute Gasteiger partial charge is 0.184 e. The van der Waals surface area contributed by atoms with Gasteiger partial charge in [0, 0.05) is 35.2 Å². The molecule has 4 aliphatic rings. The van der Waals surface area contributed by atoms with Crippen LogP contribution in [0.15, 0.2) is 16.2 Å². The first kappa shape index (κ1) is 27.5. The van der Waals surface area contributed by atoms with E-state index in [-0.39, 0.29) is 39.0 Å². The van der Waals surface area contributed by atoms with Gasteiger partial charge in [-0.2, -0.15) is 5.10 Å². The summed E-state index contributed by atoms with van der Waals surface area (Å²) in [5.74, 6) is 1.15. The van der Waals surface area contributed by atoms with Crippen molar-refractivity contribution in [1.29, 1.82) is 0 Å². The molecular weight excluding hydrogens is 466 g/mol. The fourth-order valence-electron chi connectivity index (χ4n) is 8.62. The summed E-state index contributed by atoms with van der Waals surface area (Å²) in [4.78, 5) is 26.9. The van der Waals surface area contributed by atoms with Gasteiger partial charge in [0.1, 0.15) is 5.78 Å². The van der Waals surface area contributed by atoms with E-state index >= 15 is 0 Å². The molecule has 0 radical (unpaired) electrons. The summed E-state index contributed by atoms with van der Waals surface area (Å²) in [6.07, 6.45) is 13.9. The number of carbonyl (C=O) groups excluding carboxylic acids is 2. The molecule has 0 aromatic rings. The molecule has 0 aromatic carbocycles. The van der Waals surface area contributed by atoms with Crippen LogP contribution < -0.4 is 11.2 Å². The van der Waals surface area contributed by atoms with Crippen LogP contribution >= 0.6 is 12.2 Å². The summed E-state index contributed by atoms with van der Waals surface area (Å²) in [5.41, 5.74) is 11.2. The molecule has 200 valence electrons. The number of ketones is 2. The highest BCUT2D eigenvalue weighted by molar-refractivity contribution is 7.80. The van der Waals surface area contributed by atoms with Crippen LogP contribution in [0.3, 0.4) is 0 Å². The van der Waals surface area contributed by atoms with Gasteiger partial charge >= 0.3 is 0 Å². The van der Waals surface area contributed by atoms with E-state index in [1.54, 1.807) is 0 Å². The van der Waals surface area contributed by atoms with Gasteiger partial charge in [-0.1, -0.05) is 73.1 Å². The van der Waals surface area contributed by atoms with Gasteiger partial charge in [0.15, 0.2) is 10.9 Å². The van der Waals surface area contributed by atoms with E-state index in [1.807, 2.05) is 6.92 Å². The van der Waals surface area contributed by atoms with Crippen molar-refractivity contribution in [2.75, 3.05) is 0 Å². The third kappa shape index (κ3) is 4.39. The molecule has 0 saturated heterocycles. The van der Waals surface area contributed by atoms with Crippen molar-refractivity contribution in [3.8, 4) is 0 Å². The zero-order valence-electron chi connectivity index (χ0n) is 23.2. The number of thiocarbonyl (C=S) groups is 1. The third-order valence-corrected chi connectivity index (χ3v) is 11.2. The number of nitrogens with zero attached hydrogens (tertiary/aromatic N) is 1. The molecular formula is C30H47N3O2S. The van der Waals surface area contributed by atoms with Crippen LogP contribution in [0.25, 0.3) is 0 Å². The molecule has 0 unspecified atom stereocenters. The highest BCUT2D eigenvalue weighted by Gasteiger charge is 2.65. The lowest BCUT2D eigenvalue weighted by molar-refractivity contribution is -0.132. The lowest BCUT2D eigenvalue weighted by atomic mass is 9.45. The highest BCUT2D eigenvalue weighted by atomic mass is 32.1. The number of allylic oxidation sites excluding steroid dienone is 2. The minimum absolute atomic E-state index is 0.0738. The van der Waals surface area contributed by atoms with Crippen molar-refractivity contribution >= 4 is 34.6 Å². The maximum absolute atomic E-state index is 14.2. The summed E-state index contributed by atoms with van der Waals surface area (Å²) >= 11 is 5.08. The Kier molecular flexibility index (Phi) is 7.86. The lowest BCUT2D eigenvalue weighted by Crippen LogP contribution is -2.56. The molecule has 6 atom stereocenters. The first-order valence-electron chi connectivity index (χ1n) is 14.4. The fourth-order valence-corrected chi connectivity index (χ4v) is 8.67. The zero-order valence-corrected chi connectivity index (χ0v) is 24.0. The highest BCUT2D eigenvalue weighted by Crippen LogP contribution is 2.69. The summed E-state index contributed by atoms with van der Waals surface area (Å²) in [6.45, 7) is 11.3. The largest absolute Gasteiger partial charge is 0.375 e. The Morgan fingerprint density at radius 2 is 1.78 bits per heavy atom. The van der Waals surface area contributed by atoms with Gasteiger partial charge in [0.05, 0.1) is 5.71 Å². The number of hydrazone groups is 1. The number of Topliss-reactive ketones (excluding diaryl/α,β-unsaturated/α-hetero) is 2. The van der Waals surface area contributed by atoms with E-state index in [2.05, 4.69) is 33.1 Å². The maximum Gasteiger partial charge on any atom is 0.184 e. The van der Waals surface area contributed by atoms with Crippen LogP contribution in [-0.4, -0.2) is 22.4 Å². The van der Waals surface area contributed by atoms with Gasteiger partial charge in [-0.25, -0.2) is 0 Å². The Morgan fingerprint density at radius 1 is 1.08 bits per heavy atom. The Balaban J connectivity index is 1.72. The van der Waals surface area contributed by atoms with Crippen molar-refractivity contribution in [2.24, 2.45) is 44.8 Å². The van der Waals surface area contributed by atoms with Crippen molar-refractivity contribution < 1.29 is 9.59 Å². The molecule has 36 heavy (non-hydrogen) atoms. The lowest BCUT2D eigenvalue weighted by Gasteiger charge is -2.57. The SMILES string of the molecule is CCCCCCCC[C@H]1CC[C@@]2(C)C3=C(C(=O)C[C@]12C)[C@@]1(C)CCC(=O)[C@@H](C)[C@@H]1C/C3=N\NC(N)=S. The number of carbonyl (C=O) groups is 2. The Hall–Kier alpha value is -1.56. The van der Waals surface area contributed by atoms with Gasteiger partial charge < -0.3 is 5.73 Å². The summed E-state index contributed by atoms with van der Waals surface area (Å²) in [5, 5.41) is 4.86. The average Bonchev–Trinajstić information content (AvgIpc) is 3.08. The van der Waals surface area contributed by atoms with Crippen molar-refractivity contribution in [1.82, 2.24) is 5.43 Å². The molecule has 2 saturated carbocycles. The number of hydrogen-bond acceptors (Lipinski definition) is 4. The van der Waals surface area contributed by atoms with E-state index in [4.69, 9.17) is 23.1 Å². The van der Waals surface area contributed by atoms with Gasteiger partial charge in [-0.3, -0.25) is 15.0 Å². The van der Waals surface area contributed by atoms with E-state index in [0.29, 0.717) is 31.0 Å². The summed E-state index contributed by atoms with van der Waals surface area (Å²) < 4.78 is 0. The first-order valence-corrected chi connectivity index (χ1v) is 14.8. The average molecular weight is 514 g/mol. The molecule has 6 heteroatoms. The molecule has 4 aliphatic carbocycles. The molecule has 0 aromatic heterocycles. The van der Waals surface area contributed by atoms with Crippen LogP contribution in [0.2, 0.25) is 0 Å². The molecule has 0 amide bonds. The Labute approximate surface area is 223 Å². The van der Waals surface area contributed by atoms with Crippen molar-refractivity contribution in [2.45, 2.75) is 118 Å². The molecule has 3 N–H and O–H groups in total. The second-order valence-electron chi connectivity index (χ2n) is 12.9. The third-order valence-electron chi connectivity index (χ3n) is 11.1. The molecule has 4 rings (SSSR count). The minimum Gasteiger partial charge on any atom is -0.375 e. The van der Waals surface area contributed by atoms with E-state index < -0.39 is 0 Å². The number of rotatable bonds is 8. The van der Waals surface area contributed by atoms with Crippen LogP contribution in [0.5, 0.6) is 0 Å². The predicted molar refractivity (Wildman–Crippen MR) is 151 cm³/mol. The molecule has 0 spiro atoms. The van der Waals surface area contributed by atoms with Crippen LogP contribution in [0.4, 0.5) is 0 Å². The zero-order chi connectivity index (χ0) is 26.3. The molecule has 5 nitrogen and oxygen atoms in total. The number of hydrogen-bond donors (Lipinski definition) is 2. The predicted octanol–water partition coefficient (Wildman–Crippen LogP) is 6.64. The Bertz CT molecular complexity index is 987. The fraction of sp³-hybridized carbons (Fsp3) is 0.800. The van der Waals surface area contributed by atoms with Gasteiger partial charge in [0.25, 0.3) is 0 Å². The van der Waals surface area contributed by atoms with E-state index in [0.717, 1.165) is 36.1 Å². The van der Waals surface area contributed by atoms with Gasteiger partial charge in [-0.15, -0.1) is 0 Å². The molecule has 0 heterocycles. The monoisotopic (exact) mass is 513 g/mol. The quantitative estimate of drug-likeness (QED) is 0.216. The Morgan fingerprint density at radius 3 is 2.47 bits per heavy atom. The van der Waals surface area contributed by atoms with Gasteiger partial charge in [0.2, 0.25) is 0 Å². The standard InChI is InChI=1S/C30H47N3O2S/c1-6-7-8-9-10-11-12-20-13-16-29(4)25-22(32-33-27(31)36)17-21-19(2)23(34)14-15-28(21,3)26(25)24(35)18-30(20,29)5/h19-21H,6-18H2,1-5H3,(H3,31,33,36)/b32-22+/t19-,20-,21-,28-,29-,30+/m0/s1. The number of unbranched alkanes of at least 4 members (excludes halogenated alkanes) is 5. The molecule has 0 bridgehead atoms. The second kappa shape index (κ2) is 10.3. The van der Waals surface area contributed by atoms with Crippen LogP contribution in [-0.2, 0) is 9.59 Å². The minimum atomic E-state index is -0.274.